The van der Waals surface area contributed by atoms with Gasteiger partial charge in [0.2, 0.25) is 5.91 Å². The summed E-state index contributed by atoms with van der Waals surface area (Å²) in [4.78, 5) is 20.1. The Morgan fingerprint density at radius 1 is 1.35 bits per heavy atom. The first kappa shape index (κ1) is 16.0. The van der Waals surface area contributed by atoms with Gasteiger partial charge in [0, 0.05) is 23.8 Å². The molecule has 1 amide bonds. The number of amides is 1. The van der Waals surface area contributed by atoms with E-state index in [0.717, 1.165) is 30.0 Å². The van der Waals surface area contributed by atoms with Gasteiger partial charge in [0.05, 0.1) is 23.2 Å². The first-order chi connectivity index (χ1) is 10.9. The van der Waals surface area contributed by atoms with Crippen LogP contribution in [-0.4, -0.2) is 44.6 Å². The third kappa shape index (κ3) is 3.73. The van der Waals surface area contributed by atoms with Gasteiger partial charge in [-0.2, -0.15) is 10.2 Å². The lowest BCUT2D eigenvalue weighted by molar-refractivity contribution is -0.119. The SMILES string of the molecule is CC(C)(C)N1CC[C@H](C(=O)Nc2ncc(-c3ccnnc3)s2)C1. The summed E-state index contributed by atoms with van der Waals surface area (Å²) in [6.45, 7) is 8.32. The van der Waals surface area contributed by atoms with Gasteiger partial charge in [-0.15, -0.1) is 0 Å². The number of carbonyl (C=O) groups is 1. The maximum absolute atomic E-state index is 12.4. The van der Waals surface area contributed by atoms with Gasteiger partial charge in [-0.05, 0) is 39.8 Å². The average molecular weight is 331 g/mol. The van der Waals surface area contributed by atoms with Crippen LogP contribution in [-0.2, 0) is 4.79 Å². The van der Waals surface area contributed by atoms with Crippen LogP contribution in [0.25, 0.3) is 10.4 Å². The molecular weight excluding hydrogens is 310 g/mol. The third-order valence-electron chi connectivity index (χ3n) is 4.11. The molecule has 0 bridgehead atoms. The lowest BCUT2D eigenvalue weighted by Gasteiger charge is -2.31. The molecule has 1 N–H and O–H groups in total. The van der Waals surface area contributed by atoms with E-state index in [1.807, 2.05) is 6.07 Å². The highest BCUT2D eigenvalue weighted by molar-refractivity contribution is 7.19. The number of likely N-dealkylation sites (tertiary alicyclic amines) is 1. The Bertz CT molecular complexity index is 679. The Hall–Kier alpha value is -1.86. The predicted octanol–water partition coefficient (Wildman–Crippen LogP) is 2.66. The minimum absolute atomic E-state index is 0.0316. The van der Waals surface area contributed by atoms with Crippen molar-refractivity contribution in [1.29, 1.82) is 0 Å². The highest BCUT2D eigenvalue weighted by atomic mass is 32.1. The maximum Gasteiger partial charge on any atom is 0.230 e. The summed E-state index contributed by atoms with van der Waals surface area (Å²) in [6, 6.07) is 1.88. The number of nitrogens with zero attached hydrogens (tertiary/aromatic N) is 4. The predicted molar refractivity (Wildman–Crippen MR) is 91.2 cm³/mol. The van der Waals surface area contributed by atoms with Crippen LogP contribution >= 0.6 is 11.3 Å². The Kier molecular flexibility index (Phi) is 4.41. The molecule has 122 valence electrons. The summed E-state index contributed by atoms with van der Waals surface area (Å²) in [5.74, 6) is 0.0923. The number of hydrogen-bond acceptors (Lipinski definition) is 6. The van der Waals surface area contributed by atoms with Crippen molar-refractivity contribution in [3.8, 4) is 10.4 Å². The van der Waals surface area contributed by atoms with Crippen LogP contribution in [0.15, 0.2) is 24.7 Å². The molecule has 7 heteroatoms. The molecule has 6 nitrogen and oxygen atoms in total. The van der Waals surface area contributed by atoms with Crippen LogP contribution in [0.1, 0.15) is 27.2 Å². The number of nitrogens with one attached hydrogen (secondary N) is 1. The van der Waals surface area contributed by atoms with Crippen molar-refractivity contribution in [2.75, 3.05) is 18.4 Å². The number of carbonyl (C=O) groups excluding carboxylic acids is 1. The van der Waals surface area contributed by atoms with E-state index in [9.17, 15) is 4.79 Å². The molecule has 3 heterocycles. The van der Waals surface area contributed by atoms with E-state index in [2.05, 4.69) is 46.2 Å². The number of thiazole rings is 1. The molecule has 0 spiro atoms. The molecule has 2 aromatic rings. The van der Waals surface area contributed by atoms with Crippen molar-refractivity contribution in [3.63, 3.8) is 0 Å². The minimum Gasteiger partial charge on any atom is -0.302 e. The topological polar surface area (TPSA) is 71.0 Å². The highest BCUT2D eigenvalue weighted by Gasteiger charge is 2.34. The zero-order valence-electron chi connectivity index (χ0n) is 13.6. The second kappa shape index (κ2) is 6.33. The molecule has 0 aliphatic carbocycles. The first-order valence-electron chi connectivity index (χ1n) is 7.72. The van der Waals surface area contributed by atoms with E-state index in [1.54, 1.807) is 18.6 Å². The Morgan fingerprint density at radius 2 is 2.17 bits per heavy atom. The molecule has 0 aromatic carbocycles. The molecule has 0 saturated carbocycles. The van der Waals surface area contributed by atoms with Gasteiger partial charge in [-0.25, -0.2) is 4.98 Å². The Morgan fingerprint density at radius 3 is 2.83 bits per heavy atom. The summed E-state index contributed by atoms with van der Waals surface area (Å²) in [6.07, 6.45) is 5.99. The monoisotopic (exact) mass is 331 g/mol. The minimum atomic E-state index is 0.0316. The van der Waals surface area contributed by atoms with Crippen LogP contribution in [0.4, 0.5) is 5.13 Å². The van der Waals surface area contributed by atoms with E-state index in [-0.39, 0.29) is 17.4 Å². The van der Waals surface area contributed by atoms with Crippen molar-refractivity contribution in [1.82, 2.24) is 20.1 Å². The normalized spacial score (nSPS) is 19.0. The van der Waals surface area contributed by atoms with Crippen molar-refractivity contribution in [2.24, 2.45) is 5.92 Å². The second-order valence-electron chi connectivity index (χ2n) is 6.75. The van der Waals surface area contributed by atoms with E-state index >= 15 is 0 Å². The smallest absolute Gasteiger partial charge is 0.230 e. The molecule has 1 aliphatic rings. The van der Waals surface area contributed by atoms with Gasteiger partial charge < -0.3 is 5.32 Å². The van der Waals surface area contributed by atoms with Gasteiger partial charge in [-0.1, -0.05) is 11.3 Å². The third-order valence-corrected chi connectivity index (χ3v) is 5.07. The van der Waals surface area contributed by atoms with Crippen LogP contribution in [0.3, 0.4) is 0 Å². The average Bonchev–Trinajstić information content (AvgIpc) is 3.17. The van der Waals surface area contributed by atoms with Crippen LogP contribution in [0.5, 0.6) is 0 Å². The number of hydrogen-bond donors (Lipinski definition) is 1. The summed E-state index contributed by atoms with van der Waals surface area (Å²) < 4.78 is 0. The molecule has 1 fully saturated rings. The van der Waals surface area contributed by atoms with Gasteiger partial charge in [0.25, 0.3) is 0 Å². The van der Waals surface area contributed by atoms with Gasteiger partial charge >= 0.3 is 0 Å². The quantitative estimate of drug-likeness (QED) is 0.936. The Balaban J connectivity index is 1.62. The summed E-state index contributed by atoms with van der Waals surface area (Å²) in [5, 5.41) is 11.2. The second-order valence-corrected chi connectivity index (χ2v) is 7.78. The molecule has 1 saturated heterocycles. The van der Waals surface area contributed by atoms with E-state index in [1.165, 1.54) is 11.3 Å². The lowest BCUT2D eigenvalue weighted by atomic mass is 10.1. The number of rotatable bonds is 3. The van der Waals surface area contributed by atoms with Gasteiger partial charge in [-0.3, -0.25) is 9.69 Å². The maximum atomic E-state index is 12.4. The van der Waals surface area contributed by atoms with E-state index < -0.39 is 0 Å². The fourth-order valence-electron chi connectivity index (χ4n) is 2.69. The van der Waals surface area contributed by atoms with Crippen LogP contribution in [0.2, 0.25) is 0 Å². The zero-order chi connectivity index (χ0) is 16.4. The van der Waals surface area contributed by atoms with Crippen LogP contribution < -0.4 is 5.32 Å². The van der Waals surface area contributed by atoms with Crippen molar-refractivity contribution in [2.45, 2.75) is 32.7 Å². The molecule has 1 atom stereocenters. The standard InChI is InChI=1S/C16H21N5OS/c1-16(2,3)21-7-5-12(10-21)14(22)20-15-17-9-13(23-15)11-4-6-18-19-8-11/h4,6,8-9,12H,5,7,10H2,1-3H3,(H,17,20,22)/t12-/m0/s1. The molecule has 0 unspecified atom stereocenters. The molecular formula is C16H21N5OS. The first-order valence-corrected chi connectivity index (χ1v) is 8.54. The van der Waals surface area contributed by atoms with Crippen molar-refractivity contribution >= 4 is 22.4 Å². The number of anilines is 1. The van der Waals surface area contributed by atoms with Crippen molar-refractivity contribution < 1.29 is 4.79 Å². The lowest BCUT2D eigenvalue weighted by Crippen LogP contribution is -2.40. The number of aromatic nitrogens is 3. The fraction of sp³-hybridized carbons (Fsp3) is 0.500. The summed E-state index contributed by atoms with van der Waals surface area (Å²) in [7, 11) is 0. The molecule has 1 aliphatic heterocycles. The van der Waals surface area contributed by atoms with Crippen LogP contribution in [0, 0.1) is 5.92 Å². The van der Waals surface area contributed by atoms with E-state index in [0.29, 0.717) is 5.13 Å². The summed E-state index contributed by atoms with van der Waals surface area (Å²) in [5.41, 5.74) is 1.07. The molecule has 2 aromatic heterocycles. The fourth-order valence-corrected chi connectivity index (χ4v) is 3.50. The molecule has 23 heavy (non-hydrogen) atoms. The zero-order valence-corrected chi connectivity index (χ0v) is 14.4. The van der Waals surface area contributed by atoms with E-state index in [4.69, 9.17) is 0 Å². The van der Waals surface area contributed by atoms with Crippen molar-refractivity contribution in [3.05, 3.63) is 24.7 Å². The molecule has 0 radical (unpaired) electrons. The Labute approximate surface area is 140 Å². The van der Waals surface area contributed by atoms with Gasteiger partial charge in [0.15, 0.2) is 5.13 Å². The highest BCUT2D eigenvalue weighted by Crippen LogP contribution is 2.29. The molecule has 3 rings (SSSR count). The summed E-state index contributed by atoms with van der Waals surface area (Å²) >= 11 is 1.46. The van der Waals surface area contributed by atoms with Gasteiger partial charge in [0.1, 0.15) is 0 Å². The largest absolute Gasteiger partial charge is 0.302 e.